The Labute approximate surface area is 341 Å². The van der Waals surface area contributed by atoms with E-state index in [1.807, 2.05) is 6.92 Å². The molecular weight excluding hydrogens is 725 g/mol. The molecule has 5 rings (SSSR count). The smallest absolute Gasteiger partial charge is 0.317 e. The van der Waals surface area contributed by atoms with E-state index in [0.29, 0.717) is 25.7 Å². The van der Waals surface area contributed by atoms with Gasteiger partial charge in [0, 0.05) is 6.42 Å². The molecule has 2 saturated heterocycles. The lowest BCUT2D eigenvalue weighted by Gasteiger charge is -2.61. The van der Waals surface area contributed by atoms with Gasteiger partial charge in [0.1, 0.15) is 0 Å². The van der Waals surface area contributed by atoms with E-state index in [1.165, 1.54) is 0 Å². The maximum atomic E-state index is 13.9. The number of esters is 4. The van der Waals surface area contributed by atoms with Crippen molar-refractivity contribution in [3.05, 3.63) is 12.2 Å². The first-order chi connectivity index (χ1) is 27.0. The zero-order chi connectivity index (χ0) is 41.7. The normalized spacial score (nSPS) is 36.5. The summed E-state index contributed by atoms with van der Waals surface area (Å²) in [6, 6.07) is 0. The van der Waals surface area contributed by atoms with Gasteiger partial charge in [-0.05, 0) is 130 Å². The van der Waals surface area contributed by atoms with Crippen molar-refractivity contribution in [1.82, 2.24) is 0 Å². The predicted molar refractivity (Wildman–Crippen MR) is 215 cm³/mol. The van der Waals surface area contributed by atoms with Gasteiger partial charge < -0.3 is 19.7 Å². The third-order valence-corrected chi connectivity index (χ3v) is 16.0. The van der Waals surface area contributed by atoms with Gasteiger partial charge in [0.15, 0.2) is 0 Å². The van der Waals surface area contributed by atoms with Crippen LogP contribution in [0, 0.1) is 75.4 Å². The van der Waals surface area contributed by atoms with Crippen LogP contribution >= 0.6 is 0 Å². The summed E-state index contributed by atoms with van der Waals surface area (Å²) in [5.41, 5.74) is -1.24. The summed E-state index contributed by atoms with van der Waals surface area (Å²) in [5.74, 6) is -4.54. The number of carbonyl (C=O) groups excluding carboxylic acids is 4. The number of fused-ring (bicyclic) bond motifs is 1. The van der Waals surface area contributed by atoms with Crippen LogP contribution in [0.15, 0.2) is 12.2 Å². The highest BCUT2D eigenvalue weighted by molar-refractivity contribution is 5.97. The van der Waals surface area contributed by atoms with Gasteiger partial charge in [0.05, 0.1) is 29.6 Å². The Kier molecular flexibility index (Phi) is 14.9. The Hall–Kier alpha value is -3.04. The molecule has 320 valence electrons. The Balaban J connectivity index is 1.38. The van der Waals surface area contributed by atoms with Gasteiger partial charge in [-0.15, -0.1) is 0 Å². The van der Waals surface area contributed by atoms with Crippen LogP contribution < -0.4 is 0 Å². The highest BCUT2D eigenvalue weighted by Crippen LogP contribution is 2.66. The number of hydrogen-bond acceptors (Lipinski definition) is 8. The lowest BCUT2D eigenvalue weighted by Crippen LogP contribution is -2.58. The number of carbonyl (C=O) groups is 6. The SMILES string of the molecule is CCCCC/C=C/C(CC(CCCCCCCC(=O)O)C1CC(=O)OC1=O)C1(C)CC(C2C(=O)OC(=O)C2C2CCC3C(C)(CCCC3(C)C(=O)O)C2)C1C(C)C. The highest BCUT2D eigenvalue weighted by Gasteiger charge is 2.65. The van der Waals surface area contributed by atoms with Crippen LogP contribution in [0.3, 0.4) is 0 Å². The average Bonchev–Trinajstić information content (AvgIpc) is 3.62. The number of hydrogen-bond donors (Lipinski definition) is 2. The quantitative estimate of drug-likeness (QED) is 0.0495. The van der Waals surface area contributed by atoms with E-state index in [0.717, 1.165) is 89.9 Å². The maximum absolute atomic E-state index is 13.9. The van der Waals surface area contributed by atoms with Gasteiger partial charge in [-0.2, -0.15) is 0 Å². The number of cyclic esters (lactones) is 4. The van der Waals surface area contributed by atoms with E-state index < -0.39 is 59.0 Å². The molecular formula is C47H72O10. The summed E-state index contributed by atoms with van der Waals surface area (Å²) in [5, 5.41) is 19.3. The molecule has 2 N–H and O–H groups in total. The van der Waals surface area contributed by atoms with E-state index in [-0.39, 0.29) is 65.1 Å². The second kappa shape index (κ2) is 18.9. The van der Waals surface area contributed by atoms with Crippen molar-refractivity contribution in [2.24, 2.45) is 75.4 Å². The molecule has 0 radical (unpaired) electrons. The van der Waals surface area contributed by atoms with Crippen molar-refractivity contribution in [2.45, 2.75) is 170 Å². The monoisotopic (exact) mass is 797 g/mol. The van der Waals surface area contributed by atoms with Crippen molar-refractivity contribution in [2.75, 3.05) is 0 Å². The second-order valence-electron chi connectivity index (χ2n) is 20.1. The molecule has 0 spiro atoms. The average molecular weight is 797 g/mol. The van der Waals surface area contributed by atoms with E-state index in [1.54, 1.807) is 0 Å². The van der Waals surface area contributed by atoms with Crippen molar-refractivity contribution < 1.29 is 48.5 Å². The zero-order valence-corrected chi connectivity index (χ0v) is 35.7. The Morgan fingerprint density at radius 3 is 2.19 bits per heavy atom. The predicted octanol–water partition coefficient (Wildman–Crippen LogP) is 9.96. The van der Waals surface area contributed by atoms with E-state index in [4.69, 9.17) is 14.6 Å². The molecule has 57 heavy (non-hydrogen) atoms. The molecule has 12 atom stereocenters. The molecule has 10 heteroatoms. The minimum absolute atomic E-state index is 0.0247. The van der Waals surface area contributed by atoms with Crippen molar-refractivity contribution in [3.8, 4) is 0 Å². The lowest BCUT2D eigenvalue weighted by atomic mass is 9.42. The second-order valence-corrected chi connectivity index (χ2v) is 20.1. The first-order valence-corrected chi connectivity index (χ1v) is 22.6. The van der Waals surface area contributed by atoms with E-state index in [2.05, 4.69) is 46.8 Å². The topological polar surface area (TPSA) is 161 Å². The number of carboxylic acids is 2. The summed E-state index contributed by atoms with van der Waals surface area (Å²) in [7, 11) is 0. The molecule has 3 saturated carbocycles. The summed E-state index contributed by atoms with van der Waals surface area (Å²) in [6.45, 7) is 13.0. The number of carboxylic acid groups (broad SMARTS) is 2. The Morgan fingerprint density at radius 2 is 1.54 bits per heavy atom. The molecule has 5 aliphatic rings. The molecule has 0 amide bonds. The maximum Gasteiger partial charge on any atom is 0.317 e. The highest BCUT2D eigenvalue weighted by atomic mass is 16.6. The fourth-order valence-corrected chi connectivity index (χ4v) is 13.3. The fourth-order valence-electron chi connectivity index (χ4n) is 13.3. The molecule has 0 aromatic carbocycles. The van der Waals surface area contributed by atoms with E-state index >= 15 is 0 Å². The molecule has 0 bridgehead atoms. The van der Waals surface area contributed by atoms with Crippen LogP contribution in [-0.4, -0.2) is 46.0 Å². The van der Waals surface area contributed by atoms with Crippen LogP contribution in [0.5, 0.6) is 0 Å². The fraction of sp³-hybridized carbons (Fsp3) is 0.830. The zero-order valence-electron chi connectivity index (χ0n) is 35.7. The molecule has 2 heterocycles. The third kappa shape index (κ3) is 9.72. The molecule has 3 aliphatic carbocycles. The summed E-state index contributed by atoms with van der Waals surface area (Å²) in [4.78, 5) is 76.6. The van der Waals surface area contributed by atoms with Gasteiger partial charge in [-0.3, -0.25) is 28.8 Å². The van der Waals surface area contributed by atoms with Crippen molar-refractivity contribution in [3.63, 3.8) is 0 Å². The summed E-state index contributed by atoms with van der Waals surface area (Å²) < 4.78 is 10.7. The first kappa shape index (κ1) is 45.1. The molecule has 12 unspecified atom stereocenters. The van der Waals surface area contributed by atoms with Gasteiger partial charge in [-0.25, -0.2) is 0 Å². The van der Waals surface area contributed by atoms with E-state index in [9.17, 15) is 33.9 Å². The standard InChI is InChI=1S/C47H72O10/c1-7-8-9-11-15-19-32(25-30(33-26-37(50)56-41(33)51)18-14-12-10-13-16-20-36(48)49)47(6)28-34(40(47)29(2)3)39-38(42(52)57-43(39)53)31-21-22-35-45(4,27-31)23-17-24-46(35,5)44(54)55/h15,19,29-35,38-40H,7-14,16-18,20-28H2,1-6H3,(H,48,49)(H,54,55)/b19-15+. The number of allylic oxidation sites excluding steroid dienone is 2. The van der Waals surface area contributed by atoms with Gasteiger partial charge in [0.25, 0.3) is 0 Å². The van der Waals surface area contributed by atoms with Crippen LogP contribution in [0.1, 0.15) is 170 Å². The third-order valence-electron chi connectivity index (χ3n) is 16.0. The van der Waals surface area contributed by atoms with Crippen LogP contribution in [-0.2, 0) is 38.2 Å². The molecule has 0 aromatic rings. The number of unbranched alkanes of at least 4 members (excludes halogenated alkanes) is 7. The number of ether oxygens (including phenoxy) is 2. The molecule has 0 aromatic heterocycles. The lowest BCUT2D eigenvalue weighted by molar-refractivity contribution is -0.167. The van der Waals surface area contributed by atoms with Crippen LogP contribution in [0.25, 0.3) is 0 Å². The van der Waals surface area contributed by atoms with Gasteiger partial charge >= 0.3 is 35.8 Å². The first-order valence-electron chi connectivity index (χ1n) is 22.6. The summed E-state index contributed by atoms with van der Waals surface area (Å²) in [6.07, 6.45) is 20.2. The summed E-state index contributed by atoms with van der Waals surface area (Å²) >= 11 is 0. The molecule has 10 nitrogen and oxygen atoms in total. The largest absolute Gasteiger partial charge is 0.481 e. The minimum atomic E-state index is -0.788. The Bertz CT molecular complexity index is 1520. The van der Waals surface area contributed by atoms with Crippen LogP contribution in [0.4, 0.5) is 0 Å². The van der Waals surface area contributed by atoms with Gasteiger partial charge in [-0.1, -0.05) is 91.7 Å². The number of rotatable bonds is 21. The Morgan fingerprint density at radius 1 is 0.842 bits per heavy atom. The van der Waals surface area contributed by atoms with Gasteiger partial charge in [0.2, 0.25) is 0 Å². The minimum Gasteiger partial charge on any atom is -0.481 e. The molecule has 2 aliphatic heterocycles. The van der Waals surface area contributed by atoms with Crippen molar-refractivity contribution >= 4 is 35.8 Å². The number of aliphatic carboxylic acids is 2. The van der Waals surface area contributed by atoms with Crippen LogP contribution in [0.2, 0.25) is 0 Å². The molecule has 5 fully saturated rings. The van der Waals surface area contributed by atoms with Crippen molar-refractivity contribution in [1.29, 1.82) is 0 Å².